The van der Waals surface area contributed by atoms with E-state index in [0.717, 1.165) is 25.1 Å². The van der Waals surface area contributed by atoms with E-state index in [2.05, 4.69) is 24.1 Å². The fourth-order valence-electron chi connectivity index (χ4n) is 2.73. The van der Waals surface area contributed by atoms with Crippen molar-refractivity contribution in [2.75, 3.05) is 19.6 Å². The first-order chi connectivity index (χ1) is 9.87. The Hall–Kier alpha value is -0.810. The second-order valence-corrected chi connectivity index (χ2v) is 6.94. The minimum Gasteiger partial charge on any atom is -0.351 e. The summed E-state index contributed by atoms with van der Waals surface area (Å²) in [4.78, 5) is 14.2. The number of rotatable bonds is 4. The Balaban J connectivity index is 0.00000242. The first-order valence-corrected chi connectivity index (χ1v) is 7.74. The summed E-state index contributed by atoms with van der Waals surface area (Å²) < 4.78 is 0. The van der Waals surface area contributed by atoms with Crippen LogP contribution in [-0.2, 0) is 11.3 Å². The molecular weight excluding hydrogens is 321 g/mol. The summed E-state index contributed by atoms with van der Waals surface area (Å²) in [5.41, 5.74) is 7.19. The van der Waals surface area contributed by atoms with Crippen LogP contribution >= 0.6 is 24.0 Å². The number of carbonyl (C=O) groups excluding carboxylic acids is 1. The van der Waals surface area contributed by atoms with Crippen molar-refractivity contribution in [3.05, 3.63) is 34.9 Å². The van der Waals surface area contributed by atoms with E-state index >= 15 is 0 Å². The molecule has 1 saturated heterocycles. The highest BCUT2D eigenvalue weighted by Gasteiger charge is 2.33. The van der Waals surface area contributed by atoms with Crippen molar-refractivity contribution in [2.24, 2.45) is 11.1 Å². The van der Waals surface area contributed by atoms with Crippen LogP contribution in [-0.4, -0.2) is 36.5 Å². The lowest BCUT2D eigenvalue weighted by Gasteiger charge is -2.42. The first kappa shape index (κ1) is 19.2. The summed E-state index contributed by atoms with van der Waals surface area (Å²) in [6, 6.07) is 7.74. The Labute approximate surface area is 143 Å². The highest BCUT2D eigenvalue weighted by molar-refractivity contribution is 6.30. The number of benzene rings is 1. The number of carbonyl (C=O) groups is 1. The average molecular weight is 346 g/mol. The van der Waals surface area contributed by atoms with E-state index in [1.165, 1.54) is 0 Å². The molecule has 0 aromatic heterocycles. The van der Waals surface area contributed by atoms with Gasteiger partial charge in [-0.15, -0.1) is 12.4 Å². The maximum atomic E-state index is 12.0. The van der Waals surface area contributed by atoms with Crippen molar-refractivity contribution in [1.82, 2.24) is 10.2 Å². The predicted octanol–water partition coefficient (Wildman–Crippen LogP) is 2.44. The second-order valence-electron chi connectivity index (χ2n) is 6.50. The van der Waals surface area contributed by atoms with Crippen LogP contribution in [0.3, 0.4) is 0 Å². The third-order valence-electron chi connectivity index (χ3n) is 4.14. The highest BCUT2D eigenvalue weighted by atomic mass is 35.5. The Morgan fingerprint density at radius 1 is 1.50 bits per heavy atom. The zero-order valence-corrected chi connectivity index (χ0v) is 14.7. The van der Waals surface area contributed by atoms with E-state index in [-0.39, 0.29) is 29.8 Å². The molecule has 124 valence electrons. The lowest BCUT2D eigenvalue weighted by molar-refractivity contribution is -0.123. The van der Waals surface area contributed by atoms with Crippen molar-refractivity contribution in [2.45, 2.75) is 32.9 Å². The number of amides is 1. The number of halogens is 2. The fourth-order valence-corrected chi connectivity index (χ4v) is 2.94. The second kappa shape index (κ2) is 8.16. The van der Waals surface area contributed by atoms with Gasteiger partial charge >= 0.3 is 0 Å². The van der Waals surface area contributed by atoms with Gasteiger partial charge in [-0.2, -0.15) is 0 Å². The molecule has 2 rings (SSSR count). The maximum Gasteiger partial charge on any atom is 0.234 e. The highest BCUT2D eigenvalue weighted by Crippen LogP contribution is 2.27. The molecule has 0 spiro atoms. The number of likely N-dealkylation sites (tertiary alicyclic amines) is 1. The molecule has 1 fully saturated rings. The van der Waals surface area contributed by atoms with Crippen LogP contribution in [0.1, 0.15) is 25.8 Å². The predicted molar refractivity (Wildman–Crippen MR) is 93.4 cm³/mol. The first-order valence-electron chi connectivity index (χ1n) is 7.36. The summed E-state index contributed by atoms with van der Waals surface area (Å²) in [6.07, 6.45) is 0.939. The largest absolute Gasteiger partial charge is 0.351 e. The topological polar surface area (TPSA) is 58.4 Å². The molecule has 0 aliphatic carbocycles. The van der Waals surface area contributed by atoms with Crippen LogP contribution in [0.5, 0.6) is 0 Å². The molecule has 1 aliphatic rings. The molecule has 0 saturated carbocycles. The summed E-state index contributed by atoms with van der Waals surface area (Å²) in [7, 11) is 0. The van der Waals surface area contributed by atoms with Crippen molar-refractivity contribution in [1.29, 1.82) is 0 Å². The number of nitrogens with one attached hydrogen (secondary N) is 1. The van der Waals surface area contributed by atoms with E-state index in [9.17, 15) is 4.79 Å². The molecular formula is C16H25Cl2N3O. The number of piperidine rings is 1. The quantitative estimate of drug-likeness (QED) is 0.880. The molecule has 1 aliphatic heterocycles. The molecule has 3 N–H and O–H groups in total. The normalized spacial score (nSPS) is 21.0. The van der Waals surface area contributed by atoms with E-state index in [0.29, 0.717) is 18.1 Å². The van der Waals surface area contributed by atoms with Crippen LogP contribution < -0.4 is 11.1 Å². The standard InChI is InChI=1S/C16H24ClN3O.ClH/c1-16(2)11-20(7-6-14(16)18)10-15(21)19-9-12-4-3-5-13(17)8-12;/h3-5,8,14H,6-7,9-11,18H2,1-2H3,(H,19,21);1H. The van der Waals surface area contributed by atoms with Crippen molar-refractivity contribution < 1.29 is 4.79 Å². The zero-order valence-electron chi connectivity index (χ0n) is 13.1. The Bertz CT molecular complexity index is 508. The van der Waals surface area contributed by atoms with Gasteiger partial charge in [0.1, 0.15) is 0 Å². The van der Waals surface area contributed by atoms with Gasteiger partial charge in [0.25, 0.3) is 0 Å². The monoisotopic (exact) mass is 345 g/mol. The van der Waals surface area contributed by atoms with Crippen LogP contribution in [0.15, 0.2) is 24.3 Å². The number of hydrogen-bond acceptors (Lipinski definition) is 3. The van der Waals surface area contributed by atoms with Gasteiger partial charge < -0.3 is 11.1 Å². The molecule has 1 aromatic carbocycles. The molecule has 0 bridgehead atoms. The van der Waals surface area contributed by atoms with Crippen LogP contribution in [0.25, 0.3) is 0 Å². The third-order valence-corrected chi connectivity index (χ3v) is 4.37. The average Bonchev–Trinajstić information content (AvgIpc) is 2.40. The SMILES string of the molecule is CC1(C)CN(CC(=O)NCc2cccc(Cl)c2)CCC1N.Cl. The van der Waals surface area contributed by atoms with Gasteiger partial charge in [-0.1, -0.05) is 37.6 Å². The number of nitrogens with zero attached hydrogens (tertiary/aromatic N) is 1. The van der Waals surface area contributed by atoms with Gasteiger partial charge in [-0.3, -0.25) is 9.69 Å². The lowest BCUT2D eigenvalue weighted by atomic mass is 9.80. The van der Waals surface area contributed by atoms with E-state index in [1.807, 2.05) is 24.3 Å². The van der Waals surface area contributed by atoms with Crippen molar-refractivity contribution in [3.63, 3.8) is 0 Å². The molecule has 1 heterocycles. The fraction of sp³-hybridized carbons (Fsp3) is 0.562. The minimum atomic E-state index is 0. The smallest absolute Gasteiger partial charge is 0.234 e. The molecule has 22 heavy (non-hydrogen) atoms. The summed E-state index contributed by atoms with van der Waals surface area (Å²) in [5, 5.41) is 3.63. The van der Waals surface area contributed by atoms with Gasteiger partial charge in [-0.05, 0) is 29.5 Å². The molecule has 4 nitrogen and oxygen atoms in total. The maximum absolute atomic E-state index is 12.0. The van der Waals surface area contributed by atoms with Crippen LogP contribution in [0, 0.1) is 5.41 Å². The molecule has 1 atom stereocenters. The van der Waals surface area contributed by atoms with E-state index in [4.69, 9.17) is 17.3 Å². The molecule has 0 radical (unpaired) electrons. The number of nitrogens with two attached hydrogens (primary N) is 1. The van der Waals surface area contributed by atoms with Crippen molar-refractivity contribution in [3.8, 4) is 0 Å². The van der Waals surface area contributed by atoms with Gasteiger partial charge in [0.05, 0.1) is 6.54 Å². The summed E-state index contributed by atoms with van der Waals surface area (Å²) in [6.45, 7) is 7.00. The lowest BCUT2D eigenvalue weighted by Crippen LogP contribution is -2.54. The Morgan fingerprint density at radius 2 is 2.23 bits per heavy atom. The Kier molecular flexibility index (Phi) is 7.13. The van der Waals surface area contributed by atoms with Crippen LogP contribution in [0.2, 0.25) is 5.02 Å². The summed E-state index contributed by atoms with van der Waals surface area (Å²) >= 11 is 5.93. The van der Waals surface area contributed by atoms with E-state index < -0.39 is 0 Å². The van der Waals surface area contributed by atoms with Gasteiger partial charge in [0.2, 0.25) is 5.91 Å². The zero-order chi connectivity index (χ0) is 15.5. The third kappa shape index (κ3) is 5.43. The van der Waals surface area contributed by atoms with Gasteiger partial charge in [-0.25, -0.2) is 0 Å². The molecule has 1 aromatic rings. The van der Waals surface area contributed by atoms with Crippen LogP contribution in [0.4, 0.5) is 0 Å². The summed E-state index contributed by atoms with van der Waals surface area (Å²) in [5.74, 6) is 0.0428. The number of hydrogen-bond donors (Lipinski definition) is 2. The van der Waals surface area contributed by atoms with Crippen molar-refractivity contribution >= 4 is 29.9 Å². The molecule has 6 heteroatoms. The van der Waals surface area contributed by atoms with Gasteiger partial charge in [0.15, 0.2) is 0 Å². The molecule has 1 amide bonds. The Morgan fingerprint density at radius 3 is 2.86 bits per heavy atom. The van der Waals surface area contributed by atoms with Gasteiger partial charge in [0, 0.05) is 30.7 Å². The minimum absolute atomic E-state index is 0. The van der Waals surface area contributed by atoms with E-state index in [1.54, 1.807) is 0 Å². The molecule has 1 unspecified atom stereocenters.